The van der Waals surface area contributed by atoms with E-state index >= 15 is 0 Å². The van der Waals surface area contributed by atoms with Crippen molar-refractivity contribution in [1.29, 1.82) is 0 Å². The number of carboxylic acids is 1. The molecule has 0 spiro atoms. The summed E-state index contributed by atoms with van der Waals surface area (Å²) < 4.78 is 0. The fourth-order valence-electron chi connectivity index (χ4n) is 2.31. The van der Waals surface area contributed by atoms with Gasteiger partial charge in [-0.25, -0.2) is 0 Å². The van der Waals surface area contributed by atoms with E-state index in [0.29, 0.717) is 6.54 Å². The Bertz CT molecular complexity index is 215. The van der Waals surface area contributed by atoms with Crippen LogP contribution in [0.5, 0.6) is 0 Å². The molecule has 0 unspecified atom stereocenters. The van der Waals surface area contributed by atoms with E-state index < -0.39 is 11.4 Å². The van der Waals surface area contributed by atoms with Gasteiger partial charge in [0.2, 0.25) is 0 Å². The molecule has 3 heteroatoms. The zero-order valence-electron chi connectivity index (χ0n) is 7.92. The van der Waals surface area contributed by atoms with E-state index in [1.165, 1.54) is 0 Å². The first-order chi connectivity index (χ1) is 5.40. The van der Waals surface area contributed by atoms with Gasteiger partial charge in [0.15, 0.2) is 0 Å². The second kappa shape index (κ2) is 2.46. The molecule has 70 valence electrons. The fraction of sp³-hybridized carbons (Fsp3) is 0.889. The summed E-state index contributed by atoms with van der Waals surface area (Å²) in [6, 6.07) is 0. The van der Waals surface area contributed by atoms with Crippen LogP contribution in [-0.4, -0.2) is 17.6 Å². The highest BCUT2D eigenvalue weighted by atomic mass is 16.4. The van der Waals surface area contributed by atoms with Gasteiger partial charge < -0.3 is 10.8 Å². The molecule has 1 aliphatic rings. The Morgan fingerprint density at radius 1 is 1.67 bits per heavy atom. The zero-order chi connectivity index (χ0) is 9.57. The molecule has 0 saturated heterocycles. The number of hydrogen-bond acceptors (Lipinski definition) is 2. The van der Waals surface area contributed by atoms with Gasteiger partial charge in [-0.1, -0.05) is 20.8 Å². The van der Waals surface area contributed by atoms with Crippen LogP contribution in [0.3, 0.4) is 0 Å². The average Bonchev–Trinajstić information content (AvgIpc) is 2.59. The summed E-state index contributed by atoms with van der Waals surface area (Å²) in [5, 5.41) is 9.09. The normalized spacial score (nSPS) is 40.1. The quantitative estimate of drug-likeness (QED) is 0.668. The lowest BCUT2D eigenvalue weighted by atomic mass is 9.84. The summed E-state index contributed by atoms with van der Waals surface area (Å²) in [7, 11) is 0. The smallest absolute Gasteiger partial charge is 0.310 e. The molecule has 0 aromatic carbocycles. The van der Waals surface area contributed by atoms with Gasteiger partial charge in [-0.3, -0.25) is 4.79 Å². The van der Waals surface area contributed by atoms with Gasteiger partial charge in [-0.15, -0.1) is 0 Å². The maximum atomic E-state index is 11.0. The average molecular weight is 171 g/mol. The van der Waals surface area contributed by atoms with Crippen molar-refractivity contribution in [3.05, 3.63) is 0 Å². The van der Waals surface area contributed by atoms with Crippen molar-refractivity contribution >= 4 is 5.97 Å². The van der Waals surface area contributed by atoms with E-state index in [4.69, 9.17) is 10.8 Å². The summed E-state index contributed by atoms with van der Waals surface area (Å²) in [6.07, 6.45) is 0.726. The van der Waals surface area contributed by atoms with E-state index in [0.717, 1.165) is 6.42 Å². The fourth-order valence-corrected chi connectivity index (χ4v) is 2.31. The van der Waals surface area contributed by atoms with Crippen LogP contribution in [-0.2, 0) is 4.79 Å². The first-order valence-corrected chi connectivity index (χ1v) is 4.34. The third-order valence-corrected chi connectivity index (χ3v) is 3.44. The van der Waals surface area contributed by atoms with E-state index in [1.807, 2.05) is 20.8 Å². The highest BCUT2D eigenvalue weighted by Gasteiger charge is 2.70. The van der Waals surface area contributed by atoms with Gasteiger partial charge in [0, 0.05) is 0 Å². The molecule has 0 heterocycles. The zero-order valence-corrected chi connectivity index (χ0v) is 7.92. The van der Waals surface area contributed by atoms with Gasteiger partial charge in [0.05, 0.1) is 5.41 Å². The molecule has 1 saturated carbocycles. The summed E-state index contributed by atoms with van der Waals surface area (Å²) in [5.74, 6) is -0.519. The SMILES string of the molecule is CC(C)[C@@]1(C(=O)O)C[C@]1(C)CN. The minimum atomic E-state index is -0.689. The summed E-state index contributed by atoms with van der Waals surface area (Å²) in [6.45, 7) is 6.34. The first-order valence-electron chi connectivity index (χ1n) is 4.34. The summed E-state index contributed by atoms with van der Waals surface area (Å²) in [5.41, 5.74) is 4.83. The van der Waals surface area contributed by atoms with E-state index in [-0.39, 0.29) is 11.3 Å². The maximum Gasteiger partial charge on any atom is 0.310 e. The molecular formula is C9H17NO2. The Morgan fingerprint density at radius 2 is 2.17 bits per heavy atom. The predicted octanol–water partition coefficient (Wildman–Crippen LogP) is 1.08. The minimum absolute atomic E-state index is 0.170. The van der Waals surface area contributed by atoms with E-state index in [2.05, 4.69) is 0 Å². The number of rotatable bonds is 3. The molecule has 3 nitrogen and oxygen atoms in total. The molecule has 1 fully saturated rings. The molecule has 12 heavy (non-hydrogen) atoms. The number of carboxylic acid groups (broad SMARTS) is 1. The molecule has 1 rings (SSSR count). The van der Waals surface area contributed by atoms with Crippen LogP contribution in [0.2, 0.25) is 0 Å². The molecule has 0 radical (unpaired) electrons. The van der Waals surface area contributed by atoms with Crippen LogP contribution in [0.25, 0.3) is 0 Å². The van der Waals surface area contributed by atoms with Gasteiger partial charge in [-0.05, 0) is 24.3 Å². The van der Waals surface area contributed by atoms with Gasteiger partial charge in [0.1, 0.15) is 0 Å². The van der Waals surface area contributed by atoms with E-state index in [1.54, 1.807) is 0 Å². The van der Waals surface area contributed by atoms with Crippen LogP contribution < -0.4 is 5.73 Å². The standard InChI is InChI=1S/C9H17NO2/c1-6(2)9(7(11)12)4-8(9,3)5-10/h6H,4-5,10H2,1-3H3,(H,11,12)/t8-,9-/m1/s1. The predicted molar refractivity (Wildman–Crippen MR) is 46.7 cm³/mol. The molecule has 1 aliphatic carbocycles. The minimum Gasteiger partial charge on any atom is -0.481 e. The second-order valence-electron chi connectivity index (χ2n) is 4.37. The number of hydrogen-bond donors (Lipinski definition) is 2. The number of aliphatic carboxylic acids is 1. The molecule has 3 N–H and O–H groups in total. The monoisotopic (exact) mass is 171 g/mol. The van der Waals surface area contributed by atoms with Crippen LogP contribution in [0.4, 0.5) is 0 Å². The van der Waals surface area contributed by atoms with Crippen molar-refractivity contribution in [2.45, 2.75) is 27.2 Å². The topological polar surface area (TPSA) is 63.3 Å². The molecule has 0 amide bonds. The molecule has 2 atom stereocenters. The first kappa shape index (κ1) is 9.52. The van der Waals surface area contributed by atoms with E-state index in [9.17, 15) is 4.79 Å². The highest BCUT2D eigenvalue weighted by molar-refractivity contribution is 5.80. The molecule has 0 aliphatic heterocycles. The number of carbonyl (C=O) groups is 1. The van der Waals surface area contributed by atoms with Crippen LogP contribution in [0.15, 0.2) is 0 Å². The summed E-state index contributed by atoms with van der Waals surface area (Å²) >= 11 is 0. The van der Waals surface area contributed by atoms with Crippen molar-refractivity contribution < 1.29 is 9.90 Å². The molecular weight excluding hydrogens is 154 g/mol. The third kappa shape index (κ3) is 0.891. The Morgan fingerprint density at radius 3 is 2.25 bits per heavy atom. The third-order valence-electron chi connectivity index (χ3n) is 3.44. The summed E-state index contributed by atoms with van der Waals surface area (Å²) in [4.78, 5) is 11.0. The highest BCUT2D eigenvalue weighted by Crippen LogP contribution is 2.67. The van der Waals surface area contributed by atoms with Crippen LogP contribution in [0.1, 0.15) is 27.2 Å². The van der Waals surface area contributed by atoms with Crippen molar-refractivity contribution in [2.24, 2.45) is 22.5 Å². The van der Waals surface area contributed by atoms with Crippen LogP contribution >= 0.6 is 0 Å². The van der Waals surface area contributed by atoms with Gasteiger partial charge >= 0.3 is 5.97 Å². The lowest BCUT2D eigenvalue weighted by molar-refractivity contribution is -0.146. The maximum absolute atomic E-state index is 11.0. The Labute approximate surface area is 72.9 Å². The van der Waals surface area contributed by atoms with Crippen molar-refractivity contribution in [3.8, 4) is 0 Å². The Kier molecular flexibility index (Phi) is 1.95. The van der Waals surface area contributed by atoms with Crippen molar-refractivity contribution in [2.75, 3.05) is 6.54 Å². The lowest BCUT2D eigenvalue weighted by Gasteiger charge is -2.21. The second-order valence-corrected chi connectivity index (χ2v) is 4.37. The van der Waals surface area contributed by atoms with Crippen molar-refractivity contribution in [1.82, 2.24) is 0 Å². The largest absolute Gasteiger partial charge is 0.481 e. The van der Waals surface area contributed by atoms with Gasteiger partial charge in [0.25, 0.3) is 0 Å². The lowest BCUT2D eigenvalue weighted by Crippen LogP contribution is -2.31. The number of nitrogens with two attached hydrogens (primary N) is 1. The Hall–Kier alpha value is -0.570. The molecule has 0 aromatic heterocycles. The Balaban J connectivity index is 2.89. The molecule has 0 aromatic rings. The molecule has 0 bridgehead atoms. The van der Waals surface area contributed by atoms with Crippen molar-refractivity contribution in [3.63, 3.8) is 0 Å². The van der Waals surface area contributed by atoms with Crippen LogP contribution in [0, 0.1) is 16.7 Å². The van der Waals surface area contributed by atoms with Gasteiger partial charge in [-0.2, -0.15) is 0 Å².